The second-order valence-electron chi connectivity index (χ2n) is 4.36. The van der Waals surface area contributed by atoms with Crippen molar-refractivity contribution in [1.29, 1.82) is 0 Å². The molecule has 4 heteroatoms. The van der Waals surface area contributed by atoms with Gasteiger partial charge in [0.15, 0.2) is 0 Å². The fraction of sp³-hybridized carbons (Fsp3) is 0.615. The molecule has 17 heavy (non-hydrogen) atoms. The number of ether oxygens (including phenoxy) is 1. The van der Waals surface area contributed by atoms with Crippen LogP contribution in [-0.4, -0.2) is 42.2 Å². The highest BCUT2D eigenvalue weighted by atomic mass is 16.5. The first-order chi connectivity index (χ1) is 8.15. The number of hydrogen-bond acceptors (Lipinski definition) is 4. The lowest BCUT2D eigenvalue weighted by atomic mass is 10.2. The molecule has 1 rings (SSSR count). The van der Waals surface area contributed by atoms with Gasteiger partial charge in [0, 0.05) is 18.3 Å². The van der Waals surface area contributed by atoms with Crippen molar-refractivity contribution in [2.75, 3.05) is 27.2 Å². The van der Waals surface area contributed by atoms with Crippen molar-refractivity contribution in [3.05, 3.63) is 23.4 Å². The van der Waals surface area contributed by atoms with Gasteiger partial charge >= 0.3 is 0 Å². The summed E-state index contributed by atoms with van der Waals surface area (Å²) in [7, 11) is 4.01. The second-order valence-corrected chi connectivity index (χ2v) is 4.36. The molecule has 0 fully saturated rings. The summed E-state index contributed by atoms with van der Waals surface area (Å²) in [5.41, 5.74) is 1.85. The monoisotopic (exact) mass is 238 g/mol. The standard InChI is InChI=1S/C13H22N2O2/c1-4-5-12-8-11(10-16)9-13(14-12)17-7-6-15(2)3/h8-9,16H,4-7,10H2,1-3H3. The van der Waals surface area contributed by atoms with E-state index >= 15 is 0 Å². The highest BCUT2D eigenvalue weighted by Crippen LogP contribution is 2.14. The molecule has 0 aliphatic heterocycles. The minimum absolute atomic E-state index is 0.0310. The maximum Gasteiger partial charge on any atom is 0.213 e. The van der Waals surface area contributed by atoms with E-state index in [-0.39, 0.29) is 6.61 Å². The Morgan fingerprint density at radius 1 is 1.35 bits per heavy atom. The van der Waals surface area contributed by atoms with Crippen molar-refractivity contribution in [3.8, 4) is 5.88 Å². The average molecular weight is 238 g/mol. The number of likely N-dealkylation sites (N-methyl/N-ethyl adjacent to an activating group) is 1. The number of aliphatic hydroxyl groups excluding tert-OH is 1. The van der Waals surface area contributed by atoms with E-state index in [2.05, 4.69) is 16.8 Å². The van der Waals surface area contributed by atoms with Gasteiger partial charge < -0.3 is 14.7 Å². The fourth-order valence-electron chi connectivity index (χ4n) is 1.50. The third-order valence-electron chi connectivity index (χ3n) is 2.39. The maximum atomic E-state index is 9.18. The van der Waals surface area contributed by atoms with Gasteiger partial charge in [-0.2, -0.15) is 0 Å². The van der Waals surface area contributed by atoms with E-state index in [0.29, 0.717) is 12.5 Å². The average Bonchev–Trinajstić information content (AvgIpc) is 2.28. The molecule has 0 saturated carbocycles. The topological polar surface area (TPSA) is 45.6 Å². The molecule has 0 amide bonds. The SMILES string of the molecule is CCCc1cc(CO)cc(OCCN(C)C)n1. The molecule has 1 aromatic heterocycles. The van der Waals surface area contributed by atoms with Crippen LogP contribution in [0.25, 0.3) is 0 Å². The first-order valence-corrected chi connectivity index (χ1v) is 6.04. The molecule has 0 aromatic carbocycles. The zero-order chi connectivity index (χ0) is 12.7. The van der Waals surface area contributed by atoms with Crippen molar-refractivity contribution in [2.24, 2.45) is 0 Å². The van der Waals surface area contributed by atoms with Gasteiger partial charge in [0.2, 0.25) is 5.88 Å². The molecular formula is C13H22N2O2. The summed E-state index contributed by atoms with van der Waals surface area (Å²) in [4.78, 5) is 6.47. The molecule has 0 saturated heterocycles. The van der Waals surface area contributed by atoms with Crippen molar-refractivity contribution in [2.45, 2.75) is 26.4 Å². The molecule has 0 atom stereocenters. The van der Waals surface area contributed by atoms with Gasteiger partial charge in [0.25, 0.3) is 0 Å². The van der Waals surface area contributed by atoms with Gasteiger partial charge in [-0.15, -0.1) is 0 Å². The lowest BCUT2D eigenvalue weighted by Gasteiger charge is -2.12. The van der Waals surface area contributed by atoms with Crippen molar-refractivity contribution in [3.63, 3.8) is 0 Å². The normalized spacial score (nSPS) is 10.9. The van der Waals surface area contributed by atoms with E-state index in [9.17, 15) is 5.11 Å². The number of hydrogen-bond donors (Lipinski definition) is 1. The third-order valence-corrected chi connectivity index (χ3v) is 2.39. The molecule has 0 aliphatic rings. The second kappa shape index (κ2) is 7.25. The summed E-state index contributed by atoms with van der Waals surface area (Å²) < 4.78 is 5.58. The Hall–Kier alpha value is -1.13. The predicted octanol–water partition coefficient (Wildman–Crippen LogP) is 1.47. The first kappa shape index (κ1) is 13.9. The van der Waals surface area contributed by atoms with Crippen LogP contribution in [0.2, 0.25) is 0 Å². The first-order valence-electron chi connectivity index (χ1n) is 6.04. The van der Waals surface area contributed by atoms with Gasteiger partial charge in [-0.25, -0.2) is 4.98 Å². The highest BCUT2D eigenvalue weighted by molar-refractivity contribution is 5.24. The number of nitrogens with zero attached hydrogens (tertiary/aromatic N) is 2. The Kier molecular flexibility index (Phi) is 5.94. The van der Waals surface area contributed by atoms with Crippen molar-refractivity contribution in [1.82, 2.24) is 9.88 Å². The van der Waals surface area contributed by atoms with Gasteiger partial charge in [0.1, 0.15) is 6.61 Å². The number of aryl methyl sites for hydroxylation is 1. The predicted molar refractivity (Wildman–Crippen MR) is 68.2 cm³/mol. The van der Waals surface area contributed by atoms with E-state index < -0.39 is 0 Å². The Bertz CT molecular complexity index is 340. The molecule has 0 unspecified atom stereocenters. The minimum Gasteiger partial charge on any atom is -0.476 e. The zero-order valence-corrected chi connectivity index (χ0v) is 10.9. The third kappa shape index (κ3) is 5.15. The number of aliphatic hydroxyl groups is 1. The van der Waals surface area contributed by atoms with Crippen LogP contribution >= 0.6 is 0 Å². The highest BCUT2D eigenvalue weighted by Gasteiger charge is 2.03. The summed E-state index contributed by atoms with van der Waals surface area (Å²) in [5.74, 6) is 0.613. The molecule has 1 aromatic rings. The molecule has 0 bridgehead atoms. The van der Waals surface area contributed by atoms with Gasteiger partial charge in [-0.05, 0) is 32.1 Å². The zero-order valence-electron chi connectivity index (χ0n) is 10.9. The van der Waals surface area contributed by atoms with E-state index in [4.69, 9.17) is 4.74 Å². The summed E-state index contributed by atoms with van der Waals surface area (Å²) in [6.07, 6.45) is 1.96. The maximum absolute atomic E-state index is 9.18. The number of pyridine rings is 1. The lowest BCUT2D eigenvalue weighted by Crippen LogP contribution is -2.19. The number of rotatable bonds is 7. The Morgan fingerprint density at radius 2 is 2.12 bits per heavy atom. The molecule has 1 N–H and O–H groups in total. The molecule has 0 aliphatic carbocycles. The fourth-order valence-corrected chi connectivity index (χ4v) is 1.50. The van der Waals surface area contributed by atoms with Crippen LogP contribution in [0.1, 0.15) is 24.6 Å². The van der Waals surface area contributed by atoms with E-state index in [1.165, 1.54) is 0 Å². The summed E-state index contributed by atoms with van der Waals surface area (Å²) in [6.45, 7) is 3.61. The van der Waals surface area contributed by atoms with E-state index in [1.807, 2.05) is 20.2 Å². The Labute approximate surface area is 103 Å². The molecule has 0 radical (unpaired) electrons. The molecule has 0 spiro atoms. The van der Waals surface area contributed by atoms with Crippen molar-refractivity contribution < 1.29 is 9.84 Å². The van der Waals surface area contributed by atoms with E-state index in [1.54, 1.807) is 6.07 Å². The van der Waals surface area contributed by atoms with Crippen LogP contribution in [0.5, 0.6) is 5.88 Å². The van der Waals surface area contributed by atoms with Crippen molar-refractivity contribution >= 4 is 0 Å². The Balaban J connectivity index is 2.66. The molecule has 1 heterocycles. The molecular weight excluding hydrogens is 216 g/mol. The van der Waals surface area contributed by atoms with E-state index in [0.717, 1.165) is 30.6 Å². The summed E-state index contributed by atoms with van der Waals surface area (Å²) in [6, 6.07) is 3.73. The van der Waals surface area contributed by atoms with Crippen LogP contribution in [0, 0.1) is 0 Å². The molecule has 96 valence electrons. The smallest absolute Gasteiger partial charge is 0.213 e. The summed E-state index contributed by atoms with van der Waals surface area (Å²) in [5, 5.41) is 9.18. The lowest BCUT2D eigenvalue weighted by molar-refractivity contribution is 0.250. The minimum atomic E-state index is 0.0310. The number of aromatic nitrogens is 1. The Morgan fingerprint density at radius 3 is 2.71 bits per heavy atom. The largest absolute Gasteiger partial charge is 0.476 e. The summed E-state index contributed by atoms with van der Waals surface area (Å²) >= 11 is 0. The van der Waals surface area contributed by atoms with Gasteiger partial charge in [-0.1, -0.05) is 13.3 Å². The molecule has 4 nitrogen and oxygen atoms in total. The van der Waals surface area contributed by atoms with Crippen LogP contribution in [0.3, 0.4) is 0 Å². The van der Waals surface area contributed by atoms with Crippen LogP contribution in [-0.2, 0) is 13.0 Å². The quantitative estimate of drug-likeness (QED) is 0.781. The van der Waals surface area contributed by atoms with Gasteiger partial charge in [-0.3, -0.25) is 0 Å². The van der Waals surface area contributed by atoms with Crippen LogP contribution < -0.4 is 4.74 Å². The van der Waals surface area contributed by atoms with Crippen LogP contribution in [0.4, 0.5) is 0 Å². The van der Waals surface area contributed by atoms with Gasteiger partial charge in [0.05, 0.1) is 6.61 Å². The van der Waals surface area contributed by atoms with Crippen LogP contribution in [0.15, 0.2) is 12.1 Å².